The van der Waals surface area contributed by atoms with Crippen LogP contribution in [0.15, 0.2) is 42.5 Å². The van der Waals surface area contributed by atoms with Gasteiger partial charge in [-0.3, -0.25) is 14.9 Å². The number of carbonyl (C=O) groups excluding carboxylic acids is 1. The first-order chi connectivity index (χ1) is 11.0. The van der Waals surface area contributed by atoms with Crippen molar-refractivity contribution >= 4 is 17.3 Å². The van der Waals surface area contributed by atoms with Crippen molar-refractivity contribution in [3.63, 3.8) is 0 Å². The monoisotopic (exact) mass is 314 g/mol. The number of rotatable bonds is 6. The number of carbonyl (C=O) groups is 1. The van der Waals surface area contributed by atoms with E-state index >= 15 is 0 Å². The van der Waals surface area contributed by atoms with Gasteiger partial charge in [-0.05, 0) is 37.1 Å². The molecule has 0 aliphatic rings. The van der Waals surface area contributed by atoms with Crippen LogP contribution in [0.2, 0.25) is 0 Å². The van der Waals surface area contributed by atoms with Gasteiger partial charge in [0.15, 0.2) is 6.61 Å². The molecule has 0 radical (unpaired) electrons. The van der Waals surface area contributed by atoms with Crippen molar-refractivity contribution in [1.29, 1.82) is 0 Å². The van der Waals surface area contributed by atoms with Gasteiger partial charge >= 0.3 is 0 Å². The summed E-state index contributed by atoms with van der Waals surface area (Å²) >= 11 is 0. The zero-order valence-electron chi connectivity index (χ0n) is 13.0. The summed E-state index contributed by atoms with van der Waals surface area (Å²) in [5, 5.41) is 13.5. The van der Waals surface area contributed by atoms with Gasteiger partial charge in [0.05, 0.1) is 4.92 Å². The third kappa shape index (κ3) is 4.54. The lowest BCUT2D eigenvalue weighted by Gasteiger charge is -2.08. The Bertz CT molecular complexity index is 711. The molecule has 6 heteroatoms. The maximum absolute atomic E-state index is 11.9. The van der Waals surface area contributed by atoms with E-state index in [1.54, 1.807) is 19.1 Å². The van der Waals surface area contributed by atoms with Gasteiger partial charge < -0.3 is 10.1 Å². The molecule has 1 N–H and O–H groups in total. The van der Waals surface area contributed by atoms with E-state index in [-0.39, 0.29) is 18.2 Å². The first-order valence-electron chi connectivity index (χ1n) is 7.26. The average molecular weight is 314 g/mol. The molecule has 23 heavy (non-hydrogen) atoms. The Hall–Kier alpha value is -2.89. The van der Waals surface area contributed by atoms with E-state index < -0.39 is 4.92 Å². The minimum Gasteiger partial charge on any atom is -0.484 e. The molecule has 0 bridgehead atoms. The number of nitrogens with one attached hydrogen (secondary N) is 1. The van der Waals surface area contributed by atoms with E-state index in [9.17, 15) is 14.9 Å². The van der Waals surface area contributed by atoms with Crippen LogP contribution in [0.4, 0.5) is 11.4 Å². The highest BCUT2D eigenvalue weighted by molar-refractivity contribution is 5.92. The average Bonchev–Trinajstić information content (AvgIpc) is 2.55. The molecular weight excluding hydrogens is 296 g/mol. The Morgan fingerprint density at radius 2 is 1.91 bits per heavy atom. The summed E-state index contributed by atoms with van der Waals surface area (Å²) < 4.78 is 5.39. The fourth-order valence-electron chi connectivity index (χ4n) is 2.05. The van der Waals surface area contributed by atoms with Crippen molar-refractivity contribution in [2.24, 2.45) is 0 Å². The largest absolute Gasteiger partial charge is 0.484 e. The van der Waals surface area contributed by atoms with Gasteiger partial charge in [-0.2, -0.15) is 0 Å². The normalized spacial score (nSPS) is 10.2. The van der Waals surface area contributed by atoms with Crippen LogP contribution in [0.5, 0.6) is 5.75 Å². The Morgan fingerprint density at radius 1 is 1.22 bits per heavy atom. The van der Waals surface area contributed by atoms with Crippen molar-refractivity contribution in [3.8, 4) is 5.75 Å². The maximum atomic E-state index is 11.9. The molecule has 0 unspecified atom stereocenters. The molecule has 0 spiro atoms. The molecule has 0 aliphatic heterocycles. The van der Waals surface area contributed by atoms with Gasteiger partial charge in [-0.1, -0.05) is 25.1 Å². The molecule has 2 aromatic carbocycles. The van der Waals surface area contributed by atoms with Gasteiger partial charge in [-0.25, -0.2) is 0 Å². The third-order valence-corrected chi connectivity index (χ3v) is 3.39. The lowest BCUT2D eigenvalue weighted by molar-refractivity contribution is -0.385. The summed E-state index contributed by atoms with van der Waals surface area (Å²) in [5.74, 6) is 0.231. The van der Waals surface area contributed by atoms with Crippen LogP contribution in [-0.2, 0) is 11.2 Å². The molecule has 0 saturated carbocycles. The van der Waals surface area contributed by atoms with Gasteiger partial charge in [0.25, 0.3) is 11.6 Å². The van der Waals surface area contributed by atoms with E-state index in [1.165, 1.54) is 11.6 Å². The molecule has 0 heterocycles. The highest BCUT2D eigenvalue weighted by Gasteiger charge is 2.12. The molecular formula is C17H18N2O4. The van der Waals surface area contributed by atoms with Crippen molar-refractivity contribution in [1.82, 2.24) is 0 Å². The van der Waals surface area contributed by atoms with Crippen molar-refractivity contribution in [3.05, 3.63) is 63.7 Å². The van der Waals surface area contributed by atoms with E-state index in [0.717, 1.165) is 6.42 Å². The highest BCUT2D eigenvalue weighted by Crippen LogP contribution is 2.22. The van der Waals surface area contributed by atoms with E-state index in [2.05, 4.69) is 12.2 Å². The number of amides is 1. The zero-order valence-corrected chi connectivity index (χ0v) is 13.0. The van der Waals surface area contributed by atoms with Gasteiger partial charge in [0.2, 0.25) is 0 Å². The molecule has 2 rings (SSSR count). The molecule has 2 aromatic rings. The lowest BCUT2D eigenvalue weighted by Crippen LogP contribution is -2.20. The number of nitro groups is 1. The standard InChI is InChI=1S/C17H18N2O4/c1-3-13-5-8-15(9-6-13)23-11-17(20)18-14-7-4-12(2)16(10-14)19(21)22/h4-10H,3,11H2,1-2H3,(H,18,20). The van der Waals surface area contributed by atoms with Crippen molar-refractivity contribution in [2.75, 3.05) is 11.9 Å². The Balaban J connectivity index is 1.94. The smallest absolute Gasteiger partial charge is 0.274 e. The number of ether oxygens (including phenoxy) is 1. The summed E-state index contributed by atoms with van der Waals surface area (Å²) in [6.45, 7) is 3.55. The molecule has 0 atom stereocenters. The van der Waals surface area contributed by atoms with Crippen LogP contribution >= 0.6 is 0 Å². The van der Waals surface area contributed by atoms with Gasteiger partial charge in [0, 0.05) is 17.3 Å². The Morgan fingerprint density at radius 3 is 2.52 bits per heavy atom. The SMILES string of the molecule is CCc1ccc(OCC(=O)Nc2ccc(C)c([N+](=O)[O-])c2)cc1. The fourth-order valence-corrected chi connectivity index (χ4v) is 2.05. The van der Waals surface area contributed by atoms with Crippen molar-refractivity contribution in [2.45, 2.75) is 20.3 Å². The van der Waals surface area contributed by atoms with E-state index in [0.29, 0.717) is 17.0 Å². The molecule has 0 aromatic heterocycles. The maximum Gasteiger partial charge on any atom is 0.274 e. The molecule has 120 valence electrons. The van der Waals surface area contributed by atoms with E-state index in [1.807, 2.05) is 24.3 Å². The van der Waals surface area contributed by atoms with Crippen molar-refractivity contribution < 1.29 is 14.5 Å². The summed E-state index contributed by atoms with van der Waals surface area (Å²) in [6, 6.07) is 12.1. The van der Waals surface area contributed by atoms with E-state index in [4.69, 9.17) is 4.74 Å². The first kappa shape index (κ1) is 16.5. The zero-order chi connectivity index (χ0) is 16.8. The Kier molecular flexibility index (Phi) is 5.30. The molecule has 6 nitrogen and oxygen atoms in total. The minimum atomic E-state index is -0.475. The molecule has 0 saturated heterocycles. The number of hydrogen-bond donors (Lipinski definition) is 1. The van der Waals surface area contributed by atoms with Crippen LogP contribution in [-0.4, -0.2) is 17.4 Å². The second kappa shape index (κ2) is 7.40. The second-order valence-electron chi connectivity index (χ2n) is 5.09. The lowest BCUT2D eigenvalue weighted by atomic mass is 10.2. The molecule has 0 aliphatic carbocycles. The van der Waals surface area contributed by atoms with Crippen LogP contribution in [0.25, 0.3) is 0 Å². The third-order valence-electron chi connectivity index (χ3n) is 3.39. The van der Waals surface area contributed by atoms with Crippen LogP contribution in [0.3, 0.4) is 0 Å². The molecule has 0 fully saturated rings. The summed E-state index contributed by atoms with van der Waals surface area (Å²) in [4.78, 5) is 22.3. The number of hydrogen-bond acceptors (Lipinski definition) is 4. The molecule has 1 amide bonds. The minimum absolute atomic E-state index is 0.0288. The number of anilines is 1. The van der Waals surface area contributed by atoms with Crippen LogP contribution in [0, 0.1) is 17.0 Å². The predicted octanol–water partition coefficient (Wildman–Crippen LogP) is 3.48. The van der Waals surface area contributed by atoms with Gasteiger partial charge in [0.1, 0.15) is 5.75 Å². The number of aryl methyl sites for hydroxylation is 2. The second-order valence-corrected chi connectivity index (χ2v) is 5.09. The first-order valence-corrected chi connectivity index (χ1v) is 7.26. The number of nitrogens with zero attached hydrogens (tertiary/aromatic N) is 1. The predicted molar refractivity (Wildman–Crippen MR) is 87.8 cm³/mol. The van der Waals surface area contributed by atoms with Crippen LogP contribution < -0.4 is 10.1 Å². The topological polar surface area (TPSA) is 81.5 Å². The Labute approximate surface area is 134 Å². The summed E-state index contributed by atoms with van der Waals surface area (Å²) in [6.07, 6.45) is 0.937. The van der Waals surface area contributed by atoms with Crippen LogP contribution in [0.1, 0.15) is 18.1 Å². The number of benzene rings is 2. The number of nitro benzene ring substituents is 1. The summed E-state index contributed by atoms with van der Waals surface area (Å²) in [7, 11) is 0. The fraction of sp³-hybridized carbons (Fsp3) is 0.235. The quantitative estimate of drug-likeness (QED) is 0.653. The van der Waals surface area contributed by atoms with Gasteiger partial charge in [-0.15, -0.1) is 0 Å². The summed E-state index contributed by atoms with van der Waals surface area (Å²) in [5.41, 5.74) is 2.07. The highest BCUT2D eigenvalue weighted by atomic mass is 16.6.